The number of carbonyl (C=O) groups excluding carboxylic acids is 3. The van der Waals surface area contributed by atoms with Gasteiger partial charge in [-0.2, -0.15) is 61.5 Å². The van der Waals surface area contributed by atoms with E-state index in [-0.39, 0.29) is 24.4 Å². The number of amides is 2. The van der Waals surface area contributed by atoms with Crippen LogP contribution in [0.2, 0.25) is 0 Å². The molecule has 0 saturated heterocycles. The van der Waals surface area contributed by atoms with E-state index in [1.165, 1.54) is 27.7 Å². The first kappa shape index (κ1) is 41.0. The maximum Gasteiger partial charge on any atom is 0.393 e. The molecule has 266 valence electrons. The van der Waals surface area contributed by atoms with Crippen LogP contribution >= 0.6 is 11.3 Å². The summed E-state index contributed by atoms with van der Waals surface area (Å²) in [4.78, 5) is 38.0. The summed E-state index contributed by atoms with van der Waals surface area (Å²) in [6, 6.07) is 0. The van der Waals surface area contributed by atoms with Crippen molar-refractivity contribution in [1.29, 1.82) is 0 Å². The molecular weight excluding hydrogens is 704 g/mol. The number of alkyl halides is 16. The van der Waals surface area contributed by atoms with E-state index >= 15 is 0 Å². The smallest absolute Gasteiger partial charge is 0.393 e. The summed E-state index contributed by atoms with van der Waals surface area (Å²) in [6.07, 6.45) is -7.02. The number of thiophene rings is 1. The first-order valence-electron chi connectivity index (χ1n) is 12.3. The van der Waals surface area contributed by atoms with Crippen LogP contribution in [0.5, 0.6) is 0 Å². The molecule has 0 bridgehead atoms. The summed E-state index contributed by atoms with van der Waals surface area (Å²) in [5, 5.41) is -0.552. The van der Waals surface area contributed by atoms with Crippen LogP contribution in [0.4, 0.5) is 75.2 Å². The lowest BCUT2D eigenvalue weighted by molar-refractivity contribution is -0.443. The lowest BCUT2D eigenvalue weighted by Crippen LogP contribution is -2.74. The molecule has 46 heavy (non-hydrogen) atoms. The number of nitrogens with one attached hydrogen (secondary N) is 1. The number of ether oxygens (including phenoxy) is 1. The van der Waals surface area contributed by atoms with E-state index in [0.29, 0.717) is 0 Å². The summed E-state index contributed by atoms with van der Waals surface area (Å²) in [5.41, 5.74) is -1.50. The lowest BCUT2D eigenvalue weighted by Gasteiger charge is -2.42. The third-order valence-electron chi connectivity index (χ3n) is 6.12. The Bertz CT molecular complexity index is 1310. The van der Waals surface area contributed by atoms with Crippen LogP contribution in [-0.4, -0.2) is 89.8 Å². The van der Waals surface area contributed by atoms with E-state index < -0.39 is 92.8 Å². The Morgan fingerprint density at radius 3 is 1.57 bits per heavy atom. The van der Waals surface area contributed by atoms with Crippen molar-refractivity contribution >= 4 is 34.1 Å². The van der Waals surface area contributed by atoms with E-state index in [4.69, 9.17) is 4.74 Å². The minimum atomic E-state index is -8.69. The number of esters is 1. The van der Waals surface area contributed by atoms with Gasteiger partial charge in [0.1, 0.15) is 5.00 Å². The van der Waals surface area contributed by atoms with Gasteiger partial charge in [-0.3, -0.25) is 9.59 Å². The highest BCUT2D eigenvalue weighted by molar-refractivity contribution is 7.18. The summed E-state index contributed by atoms with van der Waals surface area (Å²) in [6.45, 7) is 6.20. The van der Waals surface area contributed by atoms with Crippen LogP contribution in [0, 0.1) is 6.92 Å². The van der Waals surface area contributed by atoms with Gasteiger partial charge in [-0.05, 0) is 40.2 Å². The molecule has 1 heterocycles. The van der Waals surface area contributed by atoms with Crippen molar-refractivity contribution in [3.05, 3.63) is 16.0 Å². The number of hydrogen-bond acceptors (Lipinski definition) is 5. The van der Waals surface area contributed by atoms with Crippen LogP contribution in [0.15, 0.2) is 0 Å². The largest absolute Gasteiger partial charge is 0.459 e. The molecule has 0 saturated carbocycles. The minimum absolute atomic E-state index is 0.0271. The number of anilines is 1. The molecule has 0 spiro atoms. The number of nitrogens with zero attached hydrogens (tertiary/aromatic N) is 1. The average molecular weight is 726 g/mol. The highest BCUT2D eigenvalue weighted by Crippen LogP contribution is 2.63. The van der Waals surface area contributed by atoms with Gasteiger partial charge in [0, 0.05) is 13.1 Å². The Morgan fingerprint density at radius 1 is 0.761 bits per heavy atom. The lowest BCUT2D eigenvalue weighted by atomic mass is 9.89. The molecule has 1 aromatic heterocycles. The molecule has 1 rings (SSSR count). The molecule has 0 aromatic carbocycles. The maximum atomic E-state index is 14.5. The van der Waals surface area contributed by atoms with Crippen molar-refractivity contribution < 1.29 is 89.4 Å². The van der Waals surface area contributed by atoms with Gasteiger partial charge < -0.3 is 15.0 Å². The predicted molar refractivity (Wildman–Crippen MR) is 126 cm³/mol. The standard InChI is InChI=1S/C23H22F16N2O4S/c1-6-41(7-2)13(42)11-9(5)10(14(43)45-8(3)4)12(46-11)40-16(44)18(28,29)20(32,33)22(36,37)23(38,39)21(34,35)19(30,31)17(26,27)15(24)25/h8,15H,6-7H2,1-5H3,(H,40,44). The average Bonchev–Trinajstić information content (AvgIpc) is 3.23. The van der Waals surface area contributed by atoms with Gasteiger partial charge in [0.15, 0.2) is 0 Å². The number of hydrogen-bond donors (Lipinski definition) is 1. The number of rotatable bonds is 14. The summed E-state index contributed by atoms with van der Waals surface area (Å²) < 4.78 is 223. The second-order valence-electron chi connectivity index (χ2n) is 9.52. The molecule has 0 atom stereocenters. The summed E-state index contributed by atoms with van der Waals surface area (Å²) in [7, 11) is 0. The molecule has 0 fully saturated rings. The molecular formula is C23H22F16N2O4S. The van der Waals surface area contributed by atoms with Crippen LogP contribution in [0.25, 0.3) is 0 Å². The number of carbonyl (C=O) groups is 3. The fourth-order valence-corrected chi connectivity index (χ4v) is 4.60. The van der Waals surface area contributed by atoms with E-state index in [1.54, 1.807) is 0 Å². The van der Waals surface area contributed by atoms with Gasteiger partial charge in [-0.25, -0.2) is 13.6 Å². The first-order valence-corrected chi connectivity index (χ1v) is 13.1. The molecule has 0 aliphatic carbocycles. The molecule has 1 N–H and O–H groups in total. The quantitative estimate of drug-likeness (QED) is 0.157. The summed E-state index contributed by atoms with van der Waals surface area (Å²) >= 11 is -0.122. The van der Waals surface area contributed by atoms with Crippen molar-refractivity contribution in [3.8, 4) is 0 Å². The fourth-order valence-electron chi connectivity index (χ4n) is 3.44. The molecule has 0 radical (unpaired) electrons. The topological polar surface area (TPSA) is 75.7 Å². The Hall–Kier alpha value is -3.01. The molecule has 2 amide bonds. The van der Waals surface area contributed by atoms with E-state index in [9.17, 15) is 84.6 Å². The molecule has 1 aromatic rings. The predicted octanol–water partition coefficient (Wildman–Crippen LogP) is 7.75. The normalized spacial score (nSPS) is 14.2. The van der Waals surface area contributed by atoms with Gasteiger partial charge in [-0.15, -0.1) is 11.3 Å². The van der Waals surface area contributed by atoms with Gasteiger partial charge in [0.05, 0.1) is 16.5 Å². The van der Waals surface area contributed by atoms with Crippen molar-refractivity contribution in [2.24, 2.45) is 0 Å². The highest BCUT2D eigenvalue weighted by atomic mass is 32.1. The number of halogens is 16. The molecule has 6 nitrogen and oxygen atoms in total. The van der Waals surface area contributed by atoms with Gasteiger partial charge in [0.2, 0.25) is 0 Å². The second kappa shape index (κ2) is 12.9. The van der Waals surface area contributed by atoms with Gasteiger partial charge in [0.25, 0.3) is 5.91 Å². The van der Waals surface area contributed by atoms with Crippen molar-refractivity contribution in [1.82, 2.24) is 4.90 Å². The third kappa shape index (κ3) is 6.18. The van der Waals surface area contributed by atoms with E-state index in [0.717, 1.165) is 17.1 Å². The van der Waals surface area contributed by atoms with Crippen LogP contribution < -0.4 is 5.32 Å². The van der Waals surface area contributed by atoms with E-state index in [2.05, 4.69) is 0 Å². The highest BCUT2D eigenvalue weighted by Gasteiger charge is 2.94. The first-order chi connectivity index (χ1) is 20.4. The zero-order valence-corrected chi connectivity index (χ0v) is 24.4. The summed E-state index contributed by atoms with van der Waals surface area (Å²) in [5.74, 6) is -63.6. The minimum Gasteiger partial charge on any atom is -0.459 e. The molecule has 0 aliphatic rings. The van der Waals surface area contributed by atoms with Crippen molar-refractivity contribution in [2.45, 2.75) is 88.6 Å². The van der Waals surface area contributed by atoms with Crippen LogP contribution in [0.1, 0.15) is 53.3 Å². The molecule has 23 heteroatoms. The van der Waals surface area contributed by atoms with E-state index in [1.807, 2.05) is 0 Å². The Balaban J connectivity index is 3.79. The Labute approximate surface area is 252 Å². The molecule has 0 unspecified atom stereocenters. The van der Waals surface area contributed by atoms with Gasteiger partial charge in [-0.1, -0.05) is 0 Å². The maximum absolute atomic E-state index is 14.5. The Kier molecular flexibility index (Phi) is 11.5. The van der Waals surface area contributed by atoms with Gasteiger partial charge >= 0.3 is 59.8 Å². The van der Waals surface area contributed by atoms with Crippen LogP contribution in [-0.2, 0) is 9.53 Å². The fraction of sp³-hybridized carbons (Fsp3) is 0.696. The monoisotopic (exact) mass is 726 g/mol. The van der Waals surface area contributed by atoms with Crippen LogP contribution in [0.3, 0.4) is 0 Å². The van der Waals surface area contributed by atoms with Crippen molar-refractivity contribution in [2.75, 3.05) is 18.4 Å². The second-order valence-corrected chi connectivity index (χ2v) is 10.5. The zero-order chi connectivity index (χ0) is 36.8. The molecule has 0 aliphatic heterocycles. The van der Waals surface area contributed by atoms with Crippen molar-refractivity contribution in [3.63, 3.8) is 0 Å². The SMILES string of the molecule is CCN(CC)C(=O)c1sc(NC(=O)C(F)(F)C(F)(F)C(F)(F)C(F)(F)C(F)(F)C(F)(F)C(F)(F)C(F)F)c(C(=O)OC(C)C)c1C. The third-order valence-corrected chi connectivity index (χ3v) is 7.31. The Morgan fingerprint density at radius 2 is 1.17 bits per heavy atom. The zero-order valence-electron chi connectivity index (χ0n) is 23.6.